The third kappa shape index (κ3) is 3.19. The number of hydrogen-bond acceptors (Lipinski definition) is 3. The second-order valence-electron chi connectivity index (χ2n) is 5.32. The lowest BCUT2D eigenvalue weighted by Gasteiger charge is -2.21. The zero-order valence-corrected chi connectivity index (χ0v) is 12.8. The predicted octanol–water partition coefficient (Wildman–Crippen LogP) is 1.67. The summed E-state index contributed by atoms with van der Waals surface area (Å²) in [5, 5.41) is 2.81. The van der Waals surface area contributed by atoms with E-state index in [1.165, 1.54) is 4.31 Å². The fraction of sp³-hybridized carbons (Fsp3) is 0.500. The number of aryl methyl sites for hydroxylation is 2. The van der Waals surface area contributed by atoms with Gasteiger partial charge in [0.05, 0.1) is 6.26 Å². The molecular formula is C14H20N2O3S. The normalized spacial score (nSPS) is 20.1. The Balaban J connectivity index is 2.13. The highest BCUT2D eigenvalue weighted by Crippen LogP contribution is 2.22. The maximum Gasteiger partial charge on any atom is 0.242 e. The summed E-state index contributed by atoms with van der Waals surface area (Å²) in [6.45, 7) is 4.40. The Morgan fingerprint density at radius 1 is 1.30 bits per heavy atom. The van der Waals surface area contributed by atoms with E-state index in [1.807, 2.05) is 32.0 Å². The van der Waals surface area contributed by atoms with Gasteiger partial charge < -0.3 is 5.32 Å². The fourth-order valence-electron chi connectivity index (χ4n) is 2.44. The standard InChI is InChI=1S/C14H20N2O3S/c1-10-6-7-12(9-11(10)2)15-14(17)13-5-4-8-16(13)20(3,18)19/h6-7,9,13H,4-5,8H2,1-3H3,(H,15,17). The SMILES string of the molecule is Cc1ccc(NC(=O)C2CCCN2S(C)(=O)=O)cc1C. The molecule has 1 aliphatic rings. The molecule has 110 valence electrons. The molecule has 0 radical (unpaired) electrons. The van der Waals surface area contributed by atoms with Gasteiger partial charge in [0, 0.05) is 12.2 Å². The zero-order valence-electron chi connectivity index (χ0n) is 12.0. The second-order valence-corrected chi connectivity index (χ2v) is 7.26. The van der Waals surface area contributed by atoms with Crippen LogP contribution in [-0.4, -0.2) is 37.5 Å². The van der Waals surface area contributed by atoms with E-state index in [-0.39, 0.29) is 5.91 Å². The third-order valence-electron chi connectivity index (χ3n) is 3.71. The molecule has 5 nitrogen and oxygen atoms in total. The number of nitrogens with zero attached hydrogens (tertiary/aromatic N) is 1. The molecule has 0 bridgehead atoms. The lowest BCUT2D eigenvalue weighted by molar-refractivity contribution is -0.119. The number of anilines is 1. The number of sulfonamides is 1. The first-order valence-electron chi connectivity index (χ1n) is 6.64. The monoisotopic (exact) mass is 296 g/mol. The smallest absolute Gasteiger partial charge is 0.242 e. The quantitative estimate of drug-likeness (QED) is 0.922. The van der Waals surface area contributed by atoms with Crippen molar-refractivity contribution in [3.8, 4) is 0 Å². The van der Waals surface area contributed by atoms with Gasteiger partial charge in [-0.1, -0.05) is 6.07 Å². The summed E-state index contributed by atoms with van der Waals surface area (Å²) >= 11 is 0. The molecule has 6 heteroatoms. The summed E-state index contributed by atoms with van der Waals surface area (Å²) in [7, 11) is -3.33. The van der Waals surface area contributed by atoms with Crippen LogP contribution in [0.4, 0.5) is 5.69 Å². The fourth-order valence-corrected chi connectivity index (χ4v) is 3.57. The molecule has 0 aliphatic carbocycles. The van der Waals surface area contributed by atoms with Crippen LogP contribution in [0.15, 0.2) is 18.2 Å². The van der Waals surface area contributed by atoms with Gasteiger partial charge in [0.25, 0.3) is 0 Å². The van der Waals surface area contributed by atoms with Crippen molar-refractivity contribution in [2.24, 2.45) is 0 Å². The first-order valence-corrected chi connectivity index (χ1v) is 8.49. The first-order chi connectivity index (χ1) is 9.29. The summed E-state index contributed by atoms with van der Waals surface area (Å²) in [5.74, 6) is -0.254. The molecule has 1 aromatic carbocycles. The topological polar surface area (TPSA) is 66.5 Å². The second kappa shape index (κ2) is 5.54. The highest BCUT2D eigenvalue weighted by atomic mass is 32.2. The molecule has 1 amide bonds. The van der Waals surface area contributed by atoms with E-state index in [4.69, 9.17) is 0 Å². The minimum absolute atomic E-state index is 0.254. The van der Waals surface area contributed by atoms with Gasteiger partial charge in [0.1, 0.15) is 6.04 Å². The Labute approximate surface area is 120 Å². The molecule has 1 aromatic rings. The van der Waals surface area contributed by atoms with Crippen LogP contribution in [0.1, 0.15) is 24.0 Å². The van der Waals surface area contributed by atoms with Crippen LogP contribution in [0.25, 0.3) is 0 Å². The number of amides is 1. The van der Waals surface area contributed by atoms with Crippen molar-refractivity contribution in [1.82, 2.24) is 4.31 Å². The summed E-state index contributed by atoms with van der Waals surface area (Å²) in [6.07, 6.45) is 2.44. The molecular weight excluding hydrogens is 276 g/mol. The van der Waals surface area contributed by atoms with E-state index < -0.39 is 16.1 Å². The van der Waals surface area contributed by atoms with Crippen LogP contribution < -0.4 is 5.32 Å². The summed E-state index contributed by atoms with van der Waals surface area (Å²) < 4.78 is 24.6. The van der Waals surface area contributed by atoms with Gasteiger partial charge in [-0.3, -0.25) is 4.79 Å². The number of nitrogens with one attached hydrogen (secondary N) is 1. The molecule has 0 saturated carbocycles. The Bertz CT molecular complexity index is 625. The van der Waals surface area contributed by atoms with Crippen molar-refractivity contribution in [2.45, 2.75) is 32.7 Å². The lowest BCUT2D eigenvalue weighted by atomic mass is 10.1. The van der Waals surface area contributed by atoms with E-state index in [9.17, 15) is 13.2 Å². The molecule has 1 aliphatic heterocycles. The van der Waals surface area contributed by atoms with E-state index >= 15 is 0 Å². The van der Waals surface area contributed by atoms with Crippen molar-refractivity contribution in [2.75, 3.05) is 18.1 Å². The molecule has 20 heavy (non-hydrogen) atoms. The van der Waals surface area contributed by atoms with Crippen molar-refractivity contribution < 1.29 is 13.2 Å². The van der Waals surface area contributed by atoms with Crippen LogP contribution >= 0.6 is 0 Å². The van der Waals surface area contributed by atoms with Gasteiger partial charge in [-0.25, -0.2) is 8.42 Å². The Morgan fingerprint density at radius 3 is 2.60 bits per heavy atom. The van der Waals surface area contributed by atoms with Gasteiger partial charge >= 0.3 is 0 Å². The Hall–Kier alpha value is -1.40. The van der Waals surface area contributed by atoms with E-state index in [0.717, 1.165) is 23.8 Å². The molecule has 1 N–H and O–H groups in total. The molecule has 1 unspecified atom stereocenters. The average molecular weight is 296 g/mol. The van der Waals surface area contributed by atoms with E-state index in [1.54, 1.807) is 0 Å². The van der Waals surface area contributed by atoms with E-state index in [2.05, 4.69) is 5.32 Å². The number of hydrogen-bond donors (Lipinski definition) is 1. The van der Waals surface area contributed by atoms with Crippen LogP contribution in [0, 0.1) is 13.8 Å². The number of carbonyl (C=O) groups is 1. The third-order valence-corrected chi connectivity index (χ3v) is 5.00. The van der Waals surface area contributed by atoms with Gasteiger partial charge in [-0.2, -0.15) is 4.31 Å². The van der Waals surface area contributed by atoms with Gasteiger partial charge in [-0.05, 0) is 49.9 Å². The van der Waals surface area contributed by atoms with Gasteiger partial charge in [0.15, 0.2) is 0 Å². The van der Waals surface area contributed by atoms with Gasteiger partial charge in [0.2, 0.25) is 15.9 Å². The van der Waals surface area contributed by atoms with E-state index in [0.29, 0.717) is 18.7 Å². The minimum Gasteiger partial charge on any atom is -0.325 e. The highest BCUT2D eigenvalue weighted by molar-refractivity contribution is 7.88. The van der Waals surface area contributed by atoms with Crippen LogP contribution in [0.5, 0.6) is 0 Å². The molecule has 1 heterocycles. The highest BCUT2D eigenvalue weighted by Gasteiger charge is 2.36. The first kappa shape index (κ1) is 15.0. The zero-order chi connectivity index (χ0) is 14.9. The minimum atomic E-state index is -3.33. The Kier molecular flexibility index (Phi) is 4.15. The number of rotatable bonds is 3. The summed E-state index contributed by atoms with van der Waals surface area (Å²) in [4.78, 5) is 12.3. The van der Waals surface area contributed by atoms with Crippen LogP contribution in [0.3, 0.4) is 0 Å². The van der Waals surface area contributed by atoms with Gasteiger partial charge in [-0.15, -0.1) is 0 Å². The van der Waals surface area contributed by atoms with Crippen molar-refractivity contribution in [1.29, 1.82) is 0 Å². The lowest BCUT2D eigenvalue weighted by Crippen LogP contribution is -2.42. The maximum atomic E-state index is 12.3. The molecule has 0 aromatic heterocycles. The number of carbonyl (C=O) groups excluding carboxylic acids is 1. The van der Waals surface area contributed by atoms with Crippen molar-refractivity contribution >= 4 is 21.6 Å². The molecule has 1 saturated heterocycles. The summed E-state index contributed by atoms with van der Waals surface area (Å²) in [5.41, 5.74) is 2.95. The molecule has 2 rings (SSSR count). The van der Waals surface area contributed by atoms with Crippen LogP contribution in [-0.2, 0) is 14.8 Å². The van der Waals surface area contributed by atoms with Crippen LogP contribution in [0.2, 0.25) is 0 Å². The maximum absolute atomic E-state index is 12.3. The molecule has 1 fully saturated rings. The van der Waals surface area contributed by atoms with Crippen molar-refractivity contribution in [3.63, 3.8) is 0 Å². The largest absolute Gasteiger partial charge is 0.325 e. The molecule has 1 atom stereocenters. The van der Waals surface area contributed by atoms with Crippen molar-refractivity contribution in [3.05, 3.63) is 29.3 Å². The number of benzene rings is 1. The predicted molar refractivity (Wildman–Crippen MR) is 79.1 cm³/mol. The Morgan fingerprint density at radius 2 is 2.00 bits per heavy atom. The molecule has 0 spiro atoms. The summed E-state index contributed by atoms with van der Waals surface area (Å²) in [6, 6.07) is 5.08. The average Bonchev–Trinajstić information content (AvgIpc) is 2.83.